The molecule has 0 aliphatic heterocycles. The first-order valence-electron chi connectivity index (χ1n) is 8.06. The third kappa shape index (κ3) is 5.41. The molecule has 1 aliphatic carbocycles. The van der Waals surface area contributed by atoms with Gasteiger partial charge in [0.1, 0.15) is 0 Å². The number of primary amides is 1. The summed E-state index contributed by atoms with van der Waals surface area (Å²) in [6, 6.07) is 0.228. The largest absolute Gasteiger partial charge is 0.378 e. The number of ether oxygens (including phenoxy) is 1. The van der Waals surface area contributed by atoms with Crippen LogP contribution in [-0.2, 0) is 9.53 Å². The molecule has 0 aromatic carbocycles. The van der Waals surface area contributed by atoms with Gasteiger partial charge in [-0.05, 0) is 46.0 Å². The van der Waals surface area contributed by atoms with Crippen LogP contribution in [0.3, 0.4) is 0 Å². The highest BCUT2D eigenvalue weighted by atomic mass is 16.5. The van der Waals surface area contributed by atoms with Crippen LogP contribution in [0.1, 0.15) is 66.2 Å². The molecule has 0 aromatic heterocycles. The summed E-state index contributed by atoms with van der Waals surface area (Å²) in [5.74, 6) is 0.509. The van der Waals surface area contributed by atoms with E-state index in [0.29, 0.717) is 19.1 Å². The van der Waals surface area contributed by atoms with E-state index in [1.165, 1.54) is 25.7 Å². The quantitative estimate of drug-likeness (QED) is 0.720. The summed E-state index contributed by atoms with van der Waals surface area (Å²) in [6.07, 6.45) is 7.17. The summed E-state index contributed by atoms with van der Waals surface area (Å²) in [5.41, 5.74) is 4.85. The fourth-order valence-corrected chi connectivity index (χ4v) is 3.10. The Hall–Kier alpha value is -0.610. The van der Waals surface area contributed by atoms with Gasteiger partial charge in [0.25, 0.3) is 0 Å². The van der Waals surface area contributed by atoms with E-state index in [-0.39, 0.29) is 11.9 Å². The number of nitrogens with two attached hydrogens (primary N) is 1. The number of rotatable bonds is 8. The van der Waals surface area contributed by atoms with Gasteiger partial charge in [0.05, 0.1) is 11.6 Å². The highest BCUT2D eigenvalue weighted by molar-refractivity contribution is 5.84. The highest BCUT2D eigenvalue weighted by Gasteiger charge is 2.31. The smallest absolute Gasteiger partial charge is 0.237 e. The fraction of sp³-hybridized carbons (Fsp3) is 0.938. The van der Waals surface area contributed by atoms with Gasteiger partial charge in [-0.15, -0.1) is 0 Å². The molecule has 0 radical (unpaired) electrons. The lowest BCUT2D eigenvalue weighted by Crippen LogP contribution is -2.56. The van der Waals surface area contributed by atoms with Crippen molar-refractivity contribution in [1.29, 1.82) is 0 Å². The first-order valence-corrected chi connectivity index (χ1v) is 8.06. The Kier molecular flexibility index (Phi) is 6.96. The minimum Gasteiger partial charge on any atom is -0.378 e. The second kappa shape index (κ2) is 7.99. The van der Waals surface area contributed by atoms with Crippen molar-refractivity contribution in [1.82, 2.24) is 5.32 Å². The van der Waals surface area contributed by atoms with Crippen molar-refractivity contribution in [2.75, 3.05) is 6.61 Å². The first kappa shape index (κ1) is 17.4. The van der Waals surface area contributed by atoms with Gasteiger partial charge in [-0.2, -0.15) is 0 Å². The molecule has 3 unspecified atom stereocenters. The van der Waals surface area contributed by atoms with E-state index in [2.05, 4.69) is 12.2 Å². The lowest BCUT2D eigenvalue weighted by molar-refractivity contribution is -0.125. The van der Waals surface area contributed by atoms with Crippen molar-refractivity contribution in [2.45, 2.75) is 83.9 Å². The number of nitrogens with one attached hydrogen (secondary N) is 1. The number of carbonyl (C=O) groups is 1. The predicted octanol–water partition coefficient (Wildman–Crippen LogP) is 2.60. The molecular formula is C16H32N2O2. The molecule has 3 atom stereocenters. The minimum absolute atomic E-state index is 0.228. The Balaban J connectivity index is 2.38. The third-order valence-corrected chi connectivity index (χ3v) is 4.42. The van der Waals surface area contributed by atoms with Gasteiger partial charge in [-0.25, -0.2) is 0 Å². The normalized spacial score (nSPS) is 26.4. The van der Waals surface area contributed by atoms with Crippen molar-refractivity contribution >= 4 is 5.91 Å². The number of hydrogen-bond donors (Lipinski definition) is 2. The molecule has 0 aromatic rings. The standard InChI is InChI=1S/C16H32N2O2/c1-5-13-7-6-8-14(11-13)20-10-9-16(4,15(17)19)18-12(2)3/h12-14,18H,5-11H2,1-4H3,(H2,17,19). The SMILES string of the molecule is CCC1CCCC(OCCC(C)(NC(C)C)C(N)=O)C1. The van der Waals surface area contributed by atoms with Crippen LogP contribution in [0.2, 0.25) is 0 Å². The highest BCUT2D eigenvalue weighted by Crippen LogP contribution is 2.28. The maximum absolute atomic E-state index is 11.6. The zero-order chi connectivity index (χ0) is 15.2. The minimum atomic E-state index is -0.674. The summed E-state index contributed by atoms with van der Waals surface area (Å²) in [7, 11) is 0. The predicted molar refractivity (Wildman–Crippen MR) is 82.5 cm³/mol. The Morgan fingerprint density at radius 3 is 2.70 bits per heavy atom. The fourth-order valence-electron chi connectivity index (χ4n) is 3.10. The van der Waals surface area contributed by atoms with E-state index >= 15 is 0 Å². The molecule has 1 rings (SSSR count). The topological polar surface area (TPSA) is 64.3 Å². The van der Waals surface area contributed by atoms with Crippen molar-refractivity contribution < 1.29 is 9.53 Å². The zero-order valence-corrected chi connectivity index (χ0v) is 13.6. The second-order valence-corrected chi connectivity index (χ2v) is 6.68. The average Bonchev–Trinajstić information content (AvgIpc) is 2.38. The summed E-state index contributed by atoms with van der Waals surface area (Å²) in [4.78, 5) is 11.6. The van der Waals surface area contributed by atoms with Gasteiger partial charge in [0.15, 0.2) is 0 Å². The molecule has 0 bridgehead atoms. The molecule has 1 fully saturated rings. The monoisotopic (exact) mass is 284 g/mol. The van der Waals surface area contributed by atoms with Gasteiger partial charge >= 0.3 is 0 Å². The lowest BCUT2D eigenvalue weighted by atomic mass is 9.85. The van der Waals surface area contributed by atoms with Gasteiger partial charge in [0.2, 0.25) is 5.91 Å². The summed E-state index contributed by atoms with van der Waals surface area (Å²) in [5, 5.41) is 3.26. The molecule has 4 nitrogen and oxygen atoms in total. The molecule has 1 aliphatic rings. The summed E-state index contributed by atoms with van der Waals surface area (Å²) in [6.45, 7) is 8.77. The van der Waals surface area contributed by atoms with Crippen LogP contribution in [0.4, 0.5) is 0 Å². The van der Waals surface area contributed by atoms with Crippen molar-refractivity contribution in [3.8, 4) is 0 Å². The van der Waals surface area contributed by atoms with Gasteiger partial charge in [-0.3, -0.25) is 4.79 Å². The molecule has 20 heavy (non-hydrogen) atoms. The van der Waals surface area contributed by atoms with Crippen LogP contribution in [0.15, 0.2) is 0 Å². The summed E-state index contributed by atoms with van der Waals surface area (Å²) < 4.78 is 5.99. The molecule has 0 heterocycles. The van der Waals surface area contributed by atoms with Crippen LogP contribution in [0.5, 0.6) is 0 Å². The Labute approximate surface area is 123 Å². The van der Waals surface area contributed by atoms with E-state index in [9.17, 15) is 4.79 Å². The molecule has 0 spiro atoms. The van der Waals surface area contributed by atoms with E-state index in [1.807, 2.05) is 20.8 Å². The maximum atomic E-state index is 11.6. The Morgan fingerprint density at radius 1 is 1.45 bits per heavy atom. The first-order chi connectivity index (χ1) is 9.37. The molecule has 1 saturated carbocycles. The van der Waals surface area contributed by atoms with E-state index in [4.69, 9.17) is 10.5 Å². The Morgan fingerprint density at radius 2 is 2.15 bits per heavy atom. The Bertz CT molecular complexity index is 307. The van der Waals surface area contributed by atoms with E-state index in [0.717, 1.165) is 12.3 Å². The number of hydrogen-bond acceptors (Lipinski definition) is 3. The average molecular weight is 284 g/mol. The van der Waals surface area contributed by atoms with Gasteiger partial charge in [0, 0.05) is 12.6 Å². The van der Waals surface area contributed by atoms with Crippen molar-refractivity contribution in [3.63, 3.8) is 0 Å². The third-order valence-electron chi connectivity index (χ3n) is 4.42. The zero-order valence-electron chi connectivity index (χ0n) is 13.6. The molecule has 0 saturated heterocycles. The van der Waals surface area contributed by atoms with Crippen LogP contribution in [0.25, 0.3) is 0 Å². The summed E-state index contributed by atoms with van der Waals surface area (Å²) >= 11 is 0. The number of carbonyl (C=O) groups excluding carboxylic acids is 1. The van der Waals surface area contributed by atoms with Crippen molar-refractivity contribution in [3.05, 3.63) is 0 Å². The molecule has 1 amide bonds. The van der Waals surface area contributed by atoms with Gasteiger partial charge < -0.3 is 15.8 Å². The van der Waals surface area contributed by atoms with Gasteiger partial charge in [-0.1, -0.05) is 26.2 Å². The van der Waals surface area contributed by atoms with E-state index in [1.54, 1.807) is 0 Å². The second-order valence-electron chi connectivity index (χ2n) is 6.68. The lowest BCUT2D eigenvalue weighted by Gasteiger charge is -2.32. The van der Waals surface area contributed by atoms with Crippen LogP contribution < -0.4 is 11.1 Å². The van der Waals surface area contributed by atoms with Crippen molar-refractivity contribution in [2.24, 2.45) is 11.7 Å². The van der Waals surface area contributed by atoms with Crippen LogP contribution in [-0.4, -0.2) is 30.2 Å². The molecule has 3 N–H and O–H groups in total. The molecule has 4 heteroatoms. The van der Waals surface area contributed by atoms with Crippen LogP contribution >= 0.6 is 0 Å². The molecular weight excluding hydrogens is 252 g/mol. The van der Waals surface area contributed by atoms with E-state index < -0.39 is 5.54 Å². The molecule has 118 valence electrons. The maximum Gasteiger partial charge on any atom is 0.237 e. The number of amides is 1. The van der Waals surface area contributed by atoms with Crippen LogP contribution in [0, 0.1) is 5.92 Å².